The van der Waals surface area contributed by atoms with Gasteiger partial charge in [-0.3, -0.25) is 4.79 Å². The molecule has 0 bridgehead atoms. The first-order valence-corrected chi connectivity index (χ1v) is 7.17. The number of ether oxygens (including phenoxy) is 1. The molecular formula is C15H12Cl3NO2. The fraction of sp³-hybridized carbons (Fsp3) is 0.133. The van der Waals surface area contributed by atoms with Gasteiger partial charge >= 0.3 is 0 Å². The summed E-state index contributed by atoms with van der Waals surface area (Å²) in [5.41, 5.74) is 1.76. The molecule has 1 N–H and O–H groups in total. The van der Waals surface area contributed by atoms with E-state index in [4.69, 9.17) is 39.5 Å². The van der Waals surface area contributed by atoms with Crippen molar-refractivity contribution in [2.75, 3.05) is 12.4 Å². The van der Waals surface area contributed by atoms with Crippen LogP contribution in [0.5, 0.6) is 5.75 Å². The molecule has 0 aromatic heterocycles. The van der Waals surface area contributed by atoms with E-state index in [1.165, 1.54) is 19.2 Å². The lowest BCUT2D eigenvalue weighted by Gasteiger charge is -2.11. The van der Waals surface area contributed by atoms with Crippen molar-refractivity contribution in [2.45, 2.75) is 6.92 Å². The van der Waals surface area contributed by atoms with E-state index >= 15 is 0 Å². The Morgan fingerprint density at radius 2 is 1.71 bits per heavy atom. The molecule has 0 aliphatic heterocycles. The maximum atomic E-state index is 12.3. The van der Waals surface area contributed by atoms with Crippen molar-refractivity contribution in [1.82, 2.24) is 0 Å². The standard InChI is InChI=1S/C15H12Cl3NO2/c1-8-10(16)4-3-5-13(8)19-15(20)9-6-11(17)14(21-2)12(18)7-9/h3-7H,1-2H3,(H,19,20). The molecule has 21 heavy (non-hydrogen) atoms. The van der Waals surface area contributed by atoms with E-state index in [9.17, 15) is 4.79 Å². The predicted octanol–water partition coefficient (Wildman–Crippen LogP) is 5.22. The number of nitrogens with one attached hydrogen (secondary N) is 1. The monoisotopic (exact) mass is 343 g/mol. The summed E-state index contributed by atoms with van der Waals surface area (Å²) in [5.74, 6) is 0.0145. The van der Waals surface area contributed by atoms with Crippen molar-refractivity contribution in [3.05, 3.63) is 56.5 Å². The minimum absolute atomic E-state index is 0.276. The van der Waals surface area contributed by atoms with Crippen LogP contribution >= 0.6 is 34.8 Å². The fourth-order valence-electron chi connectivity index (χ4n) is 1.82. The third-order valence-electron chi connectivity index (χ3n) is 2.98. The minimum Gasteiger partial charge on any atom is -0.494 e. The number of carbonyl (C=O) groups is 1. The summed E-state index contributed by atoms with van der Waals surface area (Å²) in [6.07, 6.45) is 0. The molecule has 0 saturated heterocycles. The number of anilines is 1. The number of halogens is 3. The Bertz CT molecular complexity index is 678. The predicted molar refractivity (Wildman–Crippen MR) is 87.2 cm³/mol. The molecule has 110 valence electrons. The van der Waals surface area contributed by atoms with Crippen LogP contribution in [-0.4, -0.2) is 13.0 Å². The second kappa shape index (κ2) is 6.56. The normalized spacial score (nSPS) is 10.3. The Morgan fingerprint density at radius 3 is 2.29 bits per heavy atom. The second-order valence-electron chi connectivity index (χ2n) is 4.34. The minimum atomic E-state index is -0.327. The summed E-state index contributed by atoms with van der Waals surface area (Å²) in [6, 6.07) is 8.29. The highest BCUT2D eigenvalue weighted by molar-refractivity contribution is 6.38. The van der Waals surface area contributed by atoms with Crippen molar-refractivity contribution < 1.29 is 9.53 Å². The summed E-state index contributed by atoms with van der Waals surface area (Å²) >= 11 is 18.1. The van der Waals surface area contributed by atoms with Crippen LogP contribution in [0.15, 0.2) is 30.3 Å². The van der Waals surface area contributed by atoms with Gasteiger partial charge in [-0.05, 0) is 36.8 Å². The molecule has 0 aliphatic rings. The van der Waals surface area contributed by atoms with Crippen LogP contribution in [0, 0.1) is 6.92 Å². The van der Waals surface area contributed by atoms with Gasteiger partial charge in [-0.2, -0.15) is 0 Å². The van der Waals surface area contributed by atoms with Gasteiger partial charge in [0.25, 0.3) is 5.91 Å². The van der Waals surface area contributed by atoms with E-state index < -0.39 is 0 Å². The summed E-state index contributed by atoms with van der Waals surface area (Å²) in [5, 5.41) is 3.91. The van der Waals surface area contributed by atoms with Crippen molar-refractivity contribution in [1.29, 1.82) is 0 Å². The molecule has 0 aliphatic carbocycles. The van der Waals surface area contributed by atoms with Gasteiger partial charge < -0.3 is 10.1 Å². The van der Waals surface area contributed by atoms with Gasteiger partial charge in [-0.1, -0.05) is 40.9 Å². The number of hydrogen-bond acceptors (Lipinski definition) is 2. The number of benzene rings is 2. The zero-order chi connectivity index (χ0) is 15.6. The average molecular weight is 345 g/mol. The van der Waals surface area contributed by atoms with Crippen LogP contribution in [0.25, 0.3) is 0 Å². The summed E-state index contributed by atoms with van der Waals surface area (Å²) < 4.78 is 5.05. The van der Waals surface area contributed by atoms with Gasteiger partial charge in [-0.15, -0.1) is 0 Å². The molecule has 2 rings (SSSR count). The highest BCUT2D eigenvalue weighted by Gasteiger charge is 2.14. The van der Waals surface area contributed by atoms with Crippen molar-refractivity contribution >= 4 is 46.4 Å². The van der Waals surface area contributed by atoms with Crippen molar-refractivity contribution in [3.63, 3.8) is 0 Å². The van der Waals surface area contributed by atoms with Crippen molar-refractivity contribution in [2.24, 2.45) is 0 Å². The Labute approximate surface area is 137 Å². The Kier molecular flexibility index (Phi) is 4.99. The lowest BCUT2D eigenvalue weighted by Crippen LogP contribution is -2.13. The summed E-state index contributed by atoms with van der Waals surface area (Å²) in [7, 11) is 1.46. The van der Waals surface area contributed by atoms with E-state index in [1.807, 2.05) is 6.92 Å². The van der Waals surface area contributed by atoms with E-state index in [1.54, 1.807) is 18.2 Å². The van der Waals surface area contributed by atoms with Crippen LogP contribution in [0.1, 0.15) is 15.9 Å². The zero-order valence-corrected chi connectivity index (χ0v) is 13.6. The third-order valence-corrected chi connectivity index (χ3v) is 3.95. The van der Waals surface area contributed by atoms with E-state index in [2.05, 4.69) is 5.32 Å². The molecule has 0 spiro atoms. The molecule has 1 amide bonds. The van der Waals surface area contributed by atoms with Gasteiger partial charge in [0.05, 0.1) is 17.2 Å². The average Bonchev–Trinajstić information content (AvgIpc) is 2.43. The van der Waals surface area contributed by atoms with Crippen LogP contribution in [0.3, 0.4) is 0 Å². The molecule has 0 fully saturated rings. The first-order valence-electron chi connectivity index (χ1n) is 6.03. The number of carbonyl (C=O) groups excluding carboxylic acids is 1. The molecule has 0 radical (unpaired) electrons. The zero-order valence-electron chi connectivity index (χ0n) is 11.3. The molecule has 0 atom stereocenters. The van der Waals surface area contributed by atoms with Gasteiger partial charge in [-0.25, -0.2) is 0 Å². The largest absolute Gasteiger partial charge is 0.494 e. The molecule has 3 nitrogen and oxygen atoms in total. The Morgan fingerprint density at radius 1 is 1.10 bits per heavy atom. The van der Waals surface area contributed by atoms with Gasteiger partial charge in [0, 0.05) is 16.3 Å². The molecular weight excluding hydrogens is 333 g/mol. The van der Waals surface area contributed by atoms with Gasteiger partial charge in [0.1, 0.15) is 0 Å². The smallest absolute Gasteiger partial charge is 0.255 e. The van der Waals surface area contributed by atoms with Gasteiger partial charge in [0.15, 0.2) is 5.75 Å². The second-order valence-corrected chi connectivity index (χ2v) is 5.56. The van der Waals surface area contributed by atoms with E-state index in [0.717, 1.165) is 5.56 Å². The first-order chi connectivity index (χ1) is 9.93. The Balaban J connectivity index is 2.31. The highest BCUT2D eigenvalue weighted by Crippen LogP contribution is 2.34. The Hall–Kier alpha value is -1.42. The highest BCUT2D eigenvalue weighted by atomic mass is 35.5. The fourth-order valence-corrected chi connectivity index (χ4v) is 2.64. The first kappa shape index (κ1) is 16.0. The molecule has 2 aromatic rings. The van der Waals surface area contributed by atoms with E-state index in [0.29, 0.717) is 22.0 Å². The van der Waals surface area contributed by atoms with Gasteiger partial charge in [0.2, 0.25) is 0 Å². The van der Waals surface area contributed by atoms with E-state index in [-0.39, 0.29) is 16.0 Å². The molecule has 0 heterocycles. The quantitative estimate of drug-likeness (QED) is 0.829. The molecule has 0 saturated carbocycles. The van der Waals surface area contributed by atoms with Crippen LogP contribution < -0.4 is 10.1 Å². The lowest BCUT2D eigenvalue weighted by molar-refractivity contribution is 0.102. The maximum Gasteiger partial charge on any atom is 0.255 e. The summed E-state index contributed by atoms with van der Waals surface area (Å²) in [4.78, 5) is 12.3. The summed E-state index contributed by atoms with van der Waals surface area (Å²) in [6.45, 7) is 1.83. The van der Waals surface area contributed by atoms with Crippen molar-refractivity contribution in [3.8, 4) is 5.75 Å². The molecule has 0 unspecified atom stereocenters. The topological polar surface area (TPSA) is 38.3 Å². The number of rotatable bonds is 3. The molecule has 6 heteroatoms. The number of methoxy groups -OCH3 is 1. The number of amides is 1. The van der Waals surface area contributed by atoms with Crippen LogP contribution in [0.2, 0.25) is 15.1 Å². The third kappa shape index (κ3) is 3.43. The van der Waals surface area contributed by atoms with Crippen LogP contribution in [-0.2, 0) is 0 Å². The number of hydrogen-bond donors (Lipinski definition) is 1. The SMILES string of the molecule is COc1c(Cl)cc(C(=O)Nc2cccc(Cl)c2C)cc1Cl. The lowest BCUT2D eigenvalue weighted by atomic mass is 10.1. The van der Waals surface area contributed by atoms with Crippen LogP contribution in [0.4, 0.5) is 5.69 Å². The maximum absolute atomic E-state index is 12.3. The molecule has 2 aromatic carbocycles.